The molecule has 0 aliphatic heterocycles. The highest BCUT2D eigenvalue weighted by Gasteiger charge is 2.43. The van der Waals surface area contributed by atoms with Gasteiger partial charge in [-0.25, -0.2) is 0 Å². The van der Waals surface area contributed by atoms with Crippen molar-refractivity contribution in [2.45, 2.75) is 56.0 Å². The average molecular weight is 428 g/mol. The maximum absolute atomic E-state index is 13.5. The van der Waals surface area contributed by atoms with Crippen LogP contribution in [0, 0.1) is 18.3 Å². The lowest BCUT2D eigenvalue weighted by Gasteiger charge is -2.42. The van der Waals surface area contributed by atoms with E-state index in [1.54, 1.807) is 0 Å². The van der Waals surface area contributed by atoms with E-state index in [0.29, 0.717) is 5.16 Å². The lowest BCUT2D eigenvalue weighted by molar-refractivity contribution is 0.283. The molecule has 2 aliphatic rings. The Bertz CT molecular complexity index is 1230. The van der Waals surface area contributed by atoms with Crippen molar-refractivity contribution in [1.29, 1.82) is 5.26 Å². The number of benzene rings is 2. The van der Waals surface area contributed by atoms with E-state index in [2.05, 4.69) is 65.0 Å². The minimum Gasteiger partial charge on any atom is -0.288 e. The van der Waals surface area contributed by atoms with Crippen molar-refractivity contribution in [2.24, 2.45) is 0 Å². The van der Waals surface area contributed by atoms with Crippen LogP contribution in [0.2, 0.25) is 0 Å². The third-order valence-electron chi connectivity index (χ3n) is 6.76. The fraction of sp³-hybridized carbons (Fsp3) is 0.346. The summed E-state index contributed by atoms with van der Waals surface area (Å²) >= 11 is 1.33. The standard InChI is InChI=1S/C26H25N3OS/c1-18-9-11-20(12-10-18)29-23-21-8-4-3-7-19(21)17-26(13-5-2-6-14-26)22(23)24(30)28-25(29)31-16-15-27/h3-4,7-12H,2,5-6,13-14,16-17H2,1H3. The van der Waals surface area contributed by atoms with Crippen LogP contribution in [0.4, 0.5) is 0 Å². The third kappa shape index (κ3) is 3.40. The summed E-state index contributed by atoms with van der Waals surface area (Å²) in [5.41, 5.74) is 6.19. The van der Waals surface area contributed by atoms with Gasteiger partial charge in [-0.15, -0.1) is 0 Å². The number of aryl methyl sites for hydroxylation is 1. The molecule has 2 aromatic carbocycles. The Labute approximate surface area is 187 Å². The zero-order chi connectivity index (χ0) is 21.4. The van der Waals surface area contributed by atoms with Crippen LogP contribution < -0.4 is 5.56 Å². The average Bonchev–Trinajstić information content (AvgIpc) is 2.79. The third-order valence-corrected chi connectivity index (χ3v) is 7.57. The fourth-order valence-electron chi connectivity index (χ4n) is 5.38. The lowest BCUT2D eigenvalue weighted by Crippen LogP contribution is -2.42. The molecule has 1 saturated carbocycles. The van der Waals surface area contributed by atoms with Gasteiger partial charge in [0.2, 0.25) is 0 Å². The number of hydrogen-bond acceptors (Lipinski definition) is 4. The van der Waals surface area contributed by atoms with Gasteiger partial charge in [0.15, 0.2) is 5.16 Å². The number of nitriles is 1. The molecule has 31 heavy (non-hydrogen) atoms. The summed E-state index contributed by atoms with van der Waals surface area (Å²) in [6.45, 7) is 2.07. The molecular formula is C26H25N3OS. The molecule has 0 amide bonds. The lowest BCUT2D eigenvalue weighted by atomic mass is 9.62. The molecule has 4 nitrogen and oxygen atoms in total. The van der Waals surface area contributed by atoms with Gasteiger partial charge in [-0.05, 0) is 43.9 Å². The van der Waals surface area contributed by atoms with Gasteiger partial charge in [0, 0.05) is 16.7 Å². The van der Waals surface area contributed by atoms with Gasteiger partial charge in [0.05, 0.1) is 23.1 Å². The summed E-state index contributed by atoms with van der Waals surface area (Å²) in [6.07, 6.45) is 6.50. The second-order valence-electron chi connectivity index (χ2n) is 8.72. The Hall–Kier alpha value is -2.84. The Morgan fingerprint density at radius 2 is 1.84 bits per heavy atom. The molecule has 1 heterocycles. The molecule has 5 rings (SSSR count). The van der Waals surface area contributed by atoms with Gasteiger partial charge in [-0.2, -0.15) is 10.2 Å². The van der Waals surface area contributed by atoms with Gasteiger partial charge in [0.1, 0.15) is 0 Å². The first kappa shape index (κ1) is 20.1. The van der Waals surface area contributed by atoms with Crippen LogP contribution in [0.1, 0.15) is 48.8 Å². The van der Waals surface area contributed by atoms with Crippen molar-refractivity contribution in [3.05, 3.63) is 75.6 Å². The summed E-state index contributed by atoms with van der Waals surface area (Å²) in [6, 6.07) is 19.0. The van der Waals surface area contributed by atoms with Crippen LogP contribution in [0.25, 0.3) is 16.9 Å². The molecule has 0 atom stereocenters. The maximum Gasteiger partial charge on any atom is 0.278 e. The highest BCUT2D eigenvalue weighted by molar-refractivity contribution is 7.99. The number of aromatic nitrogens is 2. The topological polar surface area (TPSA) is 58.7 Å². The molecule has 1 aromatic heterocycles. The normalized spacial score (nSPS) is 16.4. The largest absolute Gasteiger partial charge is 0.288 e. The minimum atomic E-state index is -0.142. The highest BCUT2D eigenvalue weighted by Crippen LogP contribution is 2.50. The SMILES string of the molecule is Cc1ccc(-n2c(SCC#N)nc(=O)c3c2-c2ccccc2CC32CCCCC2)cc1. The van der Waals surface area contributed by atoms with E-state index in [-0.39, 0.29) is 16.7 Å². The summed E-state index contributed by atoms with van der Waals surface area (Å²) < 4.78 is 2.13. The second-order valence-corrected chi connectivity index (χ2v) is 9.66. The van der Waals surface area contributed by atoms with E-state index >= 15 is 0 Å². The monoisotopic (exact) mass is 427 g/mol. The Morgan fingerprint density at radius 3 is 2.58 bits per heavy atom. The van der Waals surface area contributed by atoms with Crippen molar-refractivity contribution < 1.29 is 0 Å². The van der Waals surface area contributed by atoms with E-state index in [9.17, 15) is 10.1 Å². The van der Waals surface area contributed by atoms with E-state index in [4.69, 9.17) is 0 Å². The molecule has 3 aromatic rings. The smallest absolute Gasteiger partial charge is 0.278 e. The first-order valence-corrected chi connectivity index (χ1v) is 11.9. The van der Waals surface area contributed by atoms with Crippen LogP contribution in [-0.4, -0.2) is 15.3 Å². The van der Waals surface area contributed by atoms with Crippen LogP contribution >= 0.6 is 11.8 Å². The number of fused-ring (bicyclic) bond motifs is 4. The summed E-state index contributed by atoms with van der Waals surface area (Å²) in [4.78, 5) is 18.1. The first-order valence-electron chi connectivity index (χ1n) is 11.0. The van der Waals surface area contributed by atoms with E-state index in [1.165, 1.54) is 29.3 Å². The molecule has 0 bridgehead atoms. The molecule has 0 saturated heterocycles. The Balaban J connectivity index is 1.88. The molecular weight excluding hydrogens is 402 g/mol. The van der Waals surface area contributed by atoms with Gasteiger partial charge in [-0.1, -0.05) is 73.0 Å². The minimum absolute atomic E-state index is 0.116. The van der Waals surface area contributed by atoms with E-state index < -0.39 is 0 Å². The molecule has 156 valence electrons. The van der Waals surface area contributed by atoms with Crippen molar-refractivity contribution in [3.63, 3.8) is 0 Å². The van der Waals surface area contributed by atoms with Gasteiger partial charge >= 0.3 is 0 Å². The van der Waals surface area contributed by atoms with E-state index in [1.807, 2.05) is 6.07 Å². The van der Waals surface area contributed by atoms with E-state index in [0.717, 1.165) is 54.6 Å². The molecule has 1 spiro atoms. The maximum atomic E-state index is 13.5. The molecule has 1 fully saturated rings. The van der Waals surface area contributed by atoms with Crippen molar-refractivity contribution in [3.8, 4) is 23.0 Å². The summed E-state index contributed by atoms with van der Waals surface area (Å²) in [5.74, 6) is 0.254. The Morgan fingerprint density at radius 1 is 1.10 bits per heavy atom. The molecule has 5 heteroatoms. The zero-order valence-electron chi connectivity index (χ0n) is 17.7. The highest BCUT2D eigenvalue weighted by atomic mass is 32.2. The summed E-state index contributed by atoms with van der Waals surface area (Å²) in [7, 11) is 0. The fourth-order valence-corrected chi connectivity index (χ4v) is 6.04. The van der Waals surface area contributed by atoms with Crippen LogP contribution in [-0.2, 0) is 11.8 Å². The predicted molar refractivity (Wildman–Crippen MR) is 125 cm³/mol. The van der Waals surface area contributed by atoms with Crippen LogP contribution in [0.15, 0.2) is 58.5 Å². The molecule has 0 unspecified atom stereocenters. The summed E-state index contributed by atoms with van der Waals surface area (Å²) in [5, 5.41) is 9.80. The molecule has 0 N–H and O–H groups in total. The predicted octanol–water partition coefficient (Wildman–Crippen LogP) is 5.58. The Kier molecular flexibility index (Phi) is 5.19. The van der Waals surface area contributed by atoms with Crippen LogP contribution in [0.3, 0.4) is 0 Å². The first-order chi connectivity index (χ1) is 15.1. The van der Waals surface area contributed by atoms with Crippen molar-refractivity contribution in [2.75, 3.05) is 5.75 Å². The van der Waals surface area contributed by atoms with Gasteiger partial charge in [0.25, 0.3) is 5.56 Å². The number of thioether (sulfide) groups is 1. The van der Waals surface area contributed by atoms with Gasteiger partial charge < -0.3 is 0 Å². The molecule has 2 aliphatic carbocycles. The van der Waals surface area contributed by atoms with Gasteiger partial charge in [-0.3, -0.25) is 9.36 Å². The van der Waals surface area contributed by atoms with Crippen molar-refractivity contribution >= 4 is 11.8 Å². The van der Waals surface area contributed by atoms with Crippen molar-refractivity contribution in [1.82, 2.24) is 9.55 Å². The quantitative estimate of drug-likeness (QED) is 0.404. The number of rotatable bonds is 3. The van der Waals surface area contributed by atoms with Crippen LogP contribution in [0.5, 0.6) is 0 Å². The number of nitrogens with zero attached hydrogens (tertiary/aromatic N) is 3. The molecule has 0 radical (unpaired) electrons. The number of hydrogen-bond donors (Lipinski definition) is 0. The second kappa shape index (κ2) is 8.01. The zero-order valence-corrected chi connectivity index (χ0v) is 18.5.